The SMILES string of the molecule is C=CCN=C(N)Nc1nc(-c2nc(NC(N)=O)ccc2C)cs1.Cl.Cl. The first kappa shape index (κ1) is 22.6. The van der Waals surface area contributed by atoms with Crippen molar-refractivity contribution in [3.63, 3.8) is 0 Å². The molecule has 8 nitrogen and oxygen atoms in total. The van der Waals surface area contributed by atoms with Crippen molar-refractivity contribution >= 4 is 59.1 Å². The average Bonchev–Trinajstić information content (AvgIpc) is 2.94. The van der Waals surface area contributed by atoms with Crippen molar-refractivity contribution in [1.29, 1.82) is 0 Å². The Morgan fingerprint density at radius 2 is 2.04 bits per heavy atom. The van der Waals surface area contributed by atoms with Crippen LogP contribution >= 0.6 is 36.2 Å². The summed E-state index contributed by atoms with van der Waals surface area (Å²) >= 11 is 1.37. The standard InChI is InChI=1S/C14H17N7OS.2ClH/c1-3-6-17-12(15)21-14-18-9(7-23-14)11-8(2)4-5-10(19-11)20-13(16)22;;/h3-5,7H,1,6H2,2H3,(H3,15,17,18,21)(H3,16,19,20,22);2*1H. The average molecular weight is 404 g/mol. The van der Waals surface area contributed by atoms with Crippen LogP contribution in [0.4, 0.5) is 15.7 Å². The van der Waals surface area contributed by atoms with Crippen molar-refractivity contribution in [2.45, 2.75) is 6.92 Å². The van der Waals surface area contributed by atoms with Crippen LogP contribution < -0.4 is 22.1 Å². The molecule has 0 saturated heterocycles. The lowest BCUT2D eigenvalue weighted by Crippen LogP contribution is -2.22. The zero-order valence-corrected chi connectivity index (χ0v) is 15.8. The number of carbonyl (C=O) groups excluding carboxylic acids is 1. The number of thiazole rings is 1. The molecule has 0 aliphatic rings. The lowest BCUT2D eigenvalue weighted by atomic mass is 10.2. The fourth-order valence-electron chi connectivity index (χ4n) is 1.74. The molecule has 0 spiro atoms. The van der Waals surface area contributed by atoms with Crippen LogP contribution in [0.3, 0.4) is 0 Å². The topological polar surface area (TPSA) is 131 Å². The van der Waals surface area contributed by atoms with Gasteiger partial charge >= 0.3 is 6.03 Å². The Bertz CT molecular complexity index is 763. The van der Waals surface area contributed by atoms with E-state index in [2.05, 4.69) is 32.2 Å². The van der Waals surface area contributed by atoms with Crippen LogP contribution in [0.1, 0.15) is 5.56 Å². The summed E-state index contributed by atoms with van der Waals surface area (Å²) in [5.41, 5.74) is 13.1. The van der Waals surface area contributed by atoms with E-state index in [0.717, 1.165) is 5.56 Å². The molecule has 0 aliphatic carbocycles. The number of amides is 2. The molecule has 11 heteroatoms. The minimum atomic E-state index is -0.667. The highest BCUT2D eigenvalue weighted by Crippen LogP contribution is 2.27. The van der Waals surface area contributed by atoms with Crippen LogP contribution in [-0.4, -0.2) is 28.5 Å². The van der Waals surface area contributed by atoms with Crippen molar-refractivity contribution in [3.8, 4) is 11.4 Å². The van der Waals surface area contributed by atoms with Crippen molar-refractivity contribution < 1.29 is 4.79 Å². The number of aliphatic imine (C=N–C) groups is 1. The van der Waals surface area contributed by atoms with Crippen LogP contribution in [0.15, 0.2) is 35.2 Å². The van der Waals surface area contributed by atoms with E-state index in [1.807, 2.05) is 18.4 Å². The van der Waals surface area contributed by atoms with Crippen molar-refractivity contribution in [1.82, 2.24) is 9.97 Å². The highest BCUT2D eigenvalue weighted by Gasteiger charge is 2.11. The van der Waals surface area contributed by atoms with Crippen molar-refractivity contribution in [2.24, 2.45) is 16.5 Å². The van der Waals surface area contributed by atoms with E-state index >= 15 is 0 Å². The van der Waals surface area contributed by atoms with Gasteiger partial charge in [0.1, 0.15) is 11.5 Å². The smallest absolute Gasteiger partial charge is 0.317 e. The summed E-state index contributed by atoms with van der Waals surface area (Å²) in [5.74, 6) is 0.632. The molecule has 2 heterocycles. The molecule has 0 aromatic carbocycles. The summed E-state index contributed by atoms with van der Waals surface area (Å²) in [7, 11) is 0. The monoisotopic (exact) mass is 403 g/mol. The molecule has 25 heavy (non-hydrogen) atoms. The van der Waals surface area contributed by atoms with Gasteiger partial charge in [0.15, 0.2) is 11.1 Å². The van der Waals surface area contributed by atoms with Gasteiger partial charge in [0.25, 0.3) is 0 Å². The Hall–Kier alpha value is -2.36. The lowest BCUT2D eigenvalue weighted by Gasteiger charge is -2.06. The van der Waals surface area contributed by atoms with Crippen LogP contribution in [-0.2, 0) is 0 Å². The number of pyridine rings is 1. The number of halogens is 2. The minimum absolute atomic E-state index is 0. The van der Waals surface area contributed by atoms with Gasteiger partial charge in [-0.15, -0.1) is 42.7 Å². The molecule has 2 amide bonds. The third-order valence-electron chi connectivity index (χ3n) is 2.72. The largest absolute Gasteiger partial charge is 0.370 e. The first-order valence-electron chi connectivity index (χ1n) is 6.67. The zero-order valence-electron chi connectivity index (χ0n) is 13.4. The maximum Gasteiger partial charge on any atom is 0.317 e. The molecule has 6 N–H and O–H groups in total. The third kappa shape index (κ3) is 6.57. The van der Waals surface area contributed by atoms with E-state index in [1.54, 1.807) is 12.1 Å². The normalized spacial score (nSPS) is 10.2. The first-order chi connectivity index (χ1) is 11.0. The number of hydrogen-bond acceptors (Lipinski definition) is 5. The van der Waals surface area contributed by atoms with Gasteiger partial charge in [-0.2, -0.15) is 0 Å². The maximum absolute atomic E-state index is 10.9. The molecule has 0 fully saturated rings. The van der Waals surface area contributed by atoms with E-state index in [-0.39, 0.29) is 30.8 Å². The first-order valence-corrected chi connectivity index (χ1v) is 7.55. The summed E-state index contributed by atoms with van der Waals surface area (Å²) in [6, 6.07) is 2.84. The number of urea groups is 1. The van der Waals surface area contributed by atoms with Crippen LogP contribution in [0.25, 0.3) is 11.4 Å². The second-order valence-corrected chi connectivity index (χ2v) is 5.39. The molecule has 0 aliphatic heterocycles. The summed E-state index contributed by atoms with van der Waals surface area (Å²) in [6.45, 7) is 5.91. The number of nitrogens with one attached hydrogen (secondary N) is 2. The van der Waals surface area contributed by atoms with Gasteiger partial charge in [0.05, 0.1) is 12.2 Å². The molecule has 0 unspecified atom stereocenters. The van der Waals surface area contributed by atoms with Crippen LogP contribution in [0.2, 0.25) is 0 Å². The number of aromatic nitrogens is 2. The van der Waals surface area contributed by atoms with Gasteiger partial charge in [-0.25, -0.2) is 19.8 Å². The van der Waals surface area contributed by atoms with E-state index in [4.69, 9.17) is 11.5 Å². The fourth-order valence-corrected chi connectivity index (χ4v) is 2.44. The summed E-state index contributed by atoms with van der Waals surface area (Å²) in [6.07, 6.45) is 1.65. The number of nitrogens with zero attached hydrogens (tertiary/aromatic N) is 3. The van der Waals surface area contributed by atoms with Gasteiger partial charge in [-0.3, -0.25) is 5.32 Å². The zero-order chi connectivity index (χ0) is 16.8. The van der Waals surface area contributed by atoms with Gasteiger partial charge in [0.2, 0.25) is 0 Å². The van der Waals surface area contributed by atoms with Gasteiger partial charge in [-0.05, 0) is 18.6 Å². The van der Waals surface area contributed by atoms with Crippen molar-refractivity contribution in [3.05, 3.63) is 35.7 Å². The minimum Gasteiger partial charge on any atom is -0.370 e. The van der Waals surface area contributed by atoms with Gasteiger partial charge in [-0.1, -0.05) is 12.1 Å². The number of rotatable bonds is 5. The molecule has 136 valence electrons. The Labute approximate surface area is 161 Å². The number of primary amides is 1. The fraction of sp³-hybridized carbons (Fsp3) is 0.143. The summed E-state index contributed by atoms with van der Waals surface area (Å²) in [4.78, 5) is 23.7. The Balaban J connectivity index is 0.00000288. The molecule has 0 radical (unpaired) electrons. The number of nitrogens with two attached hydrogens (primary N) is 2. The molecule has 0 saturated carbocycles. The maximum atomic E-state index is 10.9. The number of aryl methyl sites for hydroxylation is 1. The van der Waals surface area contributed by atoms with E-state index < -0.39 is 6.03 Å². The number of carbonyl (C=O) groups is 1. The Morgan fingerprint density at radius 3 is 2.68 bits per heavy atom. The molecule has 0 atom stereocenters. The quantitative estimate of drug-likeness (QED) is 0.346. The number of guanidine groups is 1. The molecular weight excluding hydrogens is 385 g/mol. The van der Waals surface area contributed by atoms with E-state index in [9.17, 15) is 4.79 Å². The van der Waals surface area contributed by atoms with E-state index in [0.29, 0.717) is 28.9 Å². The summed E-state index contributed by atoms with van der Waals surface area (Å²) < 4.78 is 0. The van der Waals surface area contributed by atoms with E-state index in [1.165, 1.54) is 11.3 Å². The molecular formula is C14H19Cl2N7OS. The summed E-state index contributed by atoms with van der Waals surface area (Å²) in [5, 5.41) is 7.78. The molecule has 2 aromatic rings. The number of hydrogen-bond donors (Lipinski definition) is 4. The number of anilines is 2. The highest BCUT2D eigenvalue weighted by atomic mass is 35.5. The van der Waals surface area contributed by atoms with Gasteiger partial charge in [0, 0.05) is 5.38 Å². The van der Waals surface area contributed by atoms with Crippen molar-refractivity contribution in [2.75, 3.05) is 17.2 Å². The predicted molar refractivity (Wildman–Crippen MR) is 108 cm³/mol. The van der Waals surface area contributed by atoms with Crippen LogP contribution in [0.5, 0.6) is 0 Å². The highest BCUT2D eigenvalue weighted by molar-refractivity contribution is 7.14. The predicted octanol–water partition coefficient (Wildman–Crippen LogP) is 2.76. The molecule has 0 bridgehead atoms. The third-order valence-corrected chi connectivity index (χ3v) is 3.48. The lowest BCUT2D eigenvalue weighted by molar-refractivity contribution is 0.259. The van der Waals surface area contributed by atoms with Crippen LogP contribution in [0, 0.1) is 6.92 Å². The van der Waals surface area contributed by atoms with Gasteiger partial charge < -0.3 is 16.8 Å². The Morgan fingerprint density at radius 1 is 1.32 bits per heavy atom. The second kappa shape index (κ2) is 10.5. The second-order valence-electron chi connectivity index (χ2n) is 4.53. The Kier molecular flexibility index (Phi) is 9.50. The molecule has 2 aromatic heterocycles. The molecule has 2 rings (SSSR count).